The summed E-state index contributed by atoms with van der Waals surface area (Å²) in [5.74, 6) is -1.62. The van der Waals surface area contributed by atoms with Crippen LogP contribution in [0.15, 0.2) is 35.2 Å². The van der Waals surface area contributed by atoms with Crippen LogP contribution >= 0.6 is 22.9 Å². The third-order valence-corrected chi connectivity index (χ3v) is 6.59. The Morgan fingerprint density at radius 3 is 2.54 bits per heavy atom. The zero-order valence-corrected chi connectivity index (χ0v) is 16.9. The molecule has 0 fully saturated rings. The van der Waals surface area contributed by atoms with E-state index in [1.807, 2.05) is 0 Å². The van der Waals surface area contributed by atoms with Crippen LogP contribution in [0.4, 0.5) is 10.7 Å². The number of sulfonamides is 1. The molecular weight excluding hydrogens is 434 g/mol. The lowest BCUT2D eigenvalue weighted by atomic mass is 10.3. The van der Waals surface area contributed by atoms with Gasteiger partial charge in [-0.1, -0.05) is 22.9 Å². The van der Waals surface area contributed by atoms with Gasteiger partial charge in [-0.15, -0.1) is 0 Å². The highest BCUT2D eigenvalue weighted by Gasteiger charge is 2.22. The average Bonchev–Trinajstić information content (AvgIpc) is 3.11. The molecule has 0 saturated heterocycles. The molecule has 2 aromatic rings. The summed E-state index contributed by atoms with van der Waals surface area (Å²) in [5, 5.41) is 12.8. The number of carbonyl (C=O) groups excluding carboxylic acids is 2. The molecule has 1 heterocycles. The van der Waals surface area contributed by atoms with Gasteiger partial charge in [-0.25, -0.2) is 17.5 Å². The number of hydrogen-bond donors (Lipinski definition) is 1. The molecule has 0 unspecified atom stereocenters. The second-order valence-corrected chi connectivity index (χ2v) is 9.04. The molecule has 1 amide bonds. The molecule has 0 aliphatic rings. The molecule has 2 rings (SSSR count). The third-order valence-electron chi connectivity index (χ3n) is 3.28. The maximum Gasteiger partial charge on any atom is 0.349 e. The molecule has 0 atom stereocenters. The van der Waals surface area contributed by atoms with Crippen molar-refractivity contribution in [2.24, 2.45) is 0 Å². The van der Waals surface area contributed by atoms with Crippen molar-refractivity contribution >= 4 is 55.5 Å². The maximum atomic E-state index is 12.2. The van der Waals surface area contributed by atoms with Crippen LogP contribution in [0.2, 0.25) is 5.02 Å². The van der Waals surface area contributed by atoms with E-state index in [9.17, 15) is 28.1 Å². The molecule has 0 spiro atoms. The highest BCUT2D eigenvalue weighted by molar-refractivity contribution is 7.89. The van der Waals surface area contributed by atoms with Crippen LogP contribution in [0, 0.1) is 10.1 Å². The van der Waals surface area contributed by atoms with Crippen LogP contribution < -0.4 is 5.32 Å². The van der Waals surface area contributed by atoms with Gasteiger partial charge in [-0.05, 0) is 24.3 Å². The Hall–Kier alpha value is -2.54. The lowest BCUT2D eigenvalue weighted by molar-refractivity contribution is -0.380. The Balaban J connectivity index is 2.03. The second kappa shape index (κ2) is 8.65. The molecule has 0 radical (unpaired) electrons. The number of thiophene rings is 1. The van der Waals surface area contributed by atoms with Gasteiger partial charge in [-0.2, -0.15) is 0 Å². The summed E-state index contributed by atoms with van der Waals surface area (Å²) >= 11 is 6.54. The molecule has 28 heavy (non-hydrogen) atoms. The first-order valence-corrected chi connectivity index (χ1v) is 10.1. The van der Waals surface area contributed by atoms with E-state index in [1.165, 1.54) is 38.4 Å². The molecular formula is C15H14ClN3O7S2. The minimum atomic E-state index is -3.82. The van der Waals surface area contributed by atoms with Gasteiger partial charge in [0.15, 0.2) is 6.61 Å². The first-order chi connectivity index (χ1) is 13.0. The van der Waals surface area contributed by atoms with Crippen molar-refractivity contribution in [1.82, 2.24) is 4.31 Å². The van der Waals surface area contributed by atoms with Gasteiger partial charge in [0.05, 0.1) is 9.95 Å². The Morgan fingerprint density at radius 1 is 1.29 bits per heavy atom. The summed E-state index contributed by atoms with van der Waals surface area (Å²) in [5.41, 5.74) is 0.137. The highest BCUT2D eigenvalue weighted by Crippen LogP contribution is 2.27. The number of nitrogens with zero attached hydrogens (tertiary/aromatic N) is 2. The molecule has 0 saturated carbocycles. The summed E-state index contributed by atoms with van der Waals surface area (Å²) < 4.78 is 30.2. The van der Waals surface area contributed by atoms with Crippen molar-refractivity contribution in [2.75, 3.05) is 26.0 Å². The van der Waals surface area contributed by atoms with Crippen LogP contribution in [-0.2, 0) is 19.6 Å². The highest BCUT2D eigenvalue weighted by atomic mass is 35.5. The molecule has 10 nitrogen and oxygen atoms in total. The summed E-state index contributed by atoms with van der Waals surface area (Å²) in [6.45, 7) is -0.664. The molecule has 0 bridgehead atoms. The normalized spacial score (nSPS) is 11.3. The molecule has 13 heteroatoms. The standard InChI is InChI=1S/C15H14ClN3O7S2/c1-18(2)28(24,25)12-7-9(3-4-10(12)16)17-13(20)8-26-15(21)11-5-6-14(27-11)19(22)23/h3-7H,8H2,1-2H3,(H,17,20). The van der Waals surface area contributed by atoms with Crippen molar-refractivity contribution in [3.63, 3.8) is 0 Å². The number of nitrogens with one attached hydrogen (secondary N) is 1. The van der Waals surface area contributed by atoms with Crippen molar-refractivity contribution in [1.29, 1.82) is 0 Å². The van der Waals surface area contributed by atoms with Crippen LogP contribution in [0.5, 0.6) is 0 Å². The monoisotopic (exact) mass is 447 g/mol. The van der Waals surface area contributed by atoms with Crippen molar-refractivity contribution in [3.8, 4) is 0 Å². The minimum absolute atomic E-state index is 0.0163. The van der Waals surface area contributed by atoms with E-state index in [0.29, 0.717) is 11.3 Å². The Morgan fingerprint density at radius 2 is 1.96 bits per heavy atom. The zero-order valence-electron chi connectivity index (χ0n) is 14.5. The van der Waals surface area contributed by atoms with Crippen LogP contribution in [0.1, 0.15) is 9.67 Å². The van der Waals surface area contributed by atoms with Gasteiger partial charge >= 0.3 is 11.0 Å². The van der Waals surface area contributed by atoms with Crippen molar-refractivity contribution < 1.29 is 27.7 Å². The van der Waals surface area contributed by atoms with E-state index >= 15 is 0 Å². The average molecular weight is 448 g/mol. The Kier molecular flexibility index (Phi) is 6.72. The Bertz CT molecular complexity index is 1030. The quantitative estimate of drug-likeness (QED) is 0.390. The topological polar surface area (TPSA) is 136 Å². The van der Waals surface area contributed by atoms with Gasteiger partial charge < -0.3 is 10.1 Å². The van der Waals surface area contributed by atoms with Crippen molar-refractivity contribution in [3.05, 3.63) is 50.3 Å². The van der Waals surface area contributed by atoms with E-state index in [-0.39, 0.29) is 25.5 Å². The fourth-order valence-corrected chi connectivity index (χ4v) is 4.02. The number of carbonyl (C=O) groups is 2. The molecule has 0 aliphatic carbocycles. The van der Waals surface area contributed by atoms with E-state index in [2.05, 4.69) is 5.32 Å². The van der Waals surface area contributed by atoms with E-state index in [1.54, 1.807) is 0 Å². The number of halogens is 1. The predicted octanol–water partition coefficient (Wildman–Crippen LogP) is 2.36. The largest absolute Gasteiger partial charge is 0.451 e. The Labute approximate surface area is 168 Å². The van der Waals surface area contributed by atoms with Crippen LogP contribution in [-0.4, -0.2) is 50.2 Å². The zero-order chi connectivity index (χ0) is 21.1. The molecule has 1 aromatic heterocycles. The number of amides is 1. The van der Waals surface area contributed by atoms with E-state index in [0.717, 1.165) is 10.4 Å². The maximum absolute atomic E-state index is 12.2. The van der Waals surface area contributed by atoms with Crippen LogP contribution in [0.25, 0.3) is 0 Å². The summed E-state index contributed by atoms with van der Waals surface area (Å²) in [6, 6.07) is 6.26. The predicted molar refractivity (Wildman–Crippen MR) is 102 cm³/mol. The summed E-state index contributed by atoms with van der Waals surface area (Å²) in [4.78, 5) is 33.5. The number of esters is 1. The fourth-order valence-electron chi connectivity index (χ4n) is 1.91. The van der Waals surface area contributed by atoms with Crippen molar-refractivity contribution in [2.45, 2.75) is 4.90 Å². The summed E-state index contributed by atoms with van der Waals surface area (Å²) in [7, 11) is -1.14. The molecule has 1 aromatic carbocycles. The number of anilines is 1. The van der Waals surface area contributed by atoms with Gasteiger partial charge in [0.25, 0.3) is 5.91 Å². The van der Waals surface area contributed by atoms with Gasteiger partial charge in [0.1, 0.15) is 9.77 Å². The number of nitro groups is 1. The smallest absolute Gasteiger partial charge is 0.349 e. The van der Waals surface area contributed by atoms with Gasteiger partial charge in [0.2, 0.25) is 10.0 Å². The fraction of sp³-hybridized carbons (Fsp3) is 0.200. The van der Waals surface area contributed by atoms with E-state index < -0.39 is 33.4 Å². The third kappa shape index (κ3) is 5.04. The lowest BCUT2D eigenvalue weighted by Gasteiger charge is -2.14. The van der Waals surface area contributed by atoms with Gasteiger partial charge in [-0.3, -0.25) is 14.9 Å². The second-order valence-electron chi connectivity index (χ2n) is 5.45. The first kappa shape index (κ1) is 21.8. The van der Waals surface area contributed by atoms with Crippen LogP contribution in [0.3, 0.4) is 0 Å². The van der Waals surface area contributed by atoms with E-state index in [4.69, 9.17) is 16.3 Å². The number of benzene rings is 1. The first-order valence-electron chi connectivity index (χ1n) is 7.45. The molecule has 1 N–H and O–H groups in total. The molecule has 0 aliphatic heterocycles. The number of hydrogen-bond acceptors (Lipinski definition) is 8. The molecule has 150 valence electrons. The lowest BCUT2D eigenvalue weighted by Crippen LogP contribution is -2.23. The van der Waals surface area contributed by atoms with Gasteiger partial charge in [0, 0.05) is 25.8 Å². The SMILES string of the molecule is CN(C)S(=O)(=O)c1cc(NC(=O)COC(=O)c2ccc([N+](=O)[O-])s2)ccc1Cl. The number of rotatable bonds is 7. The number of ether oxygens (including phenoxy) is 1. The minimum Gasteiger partial charge on any atom is -0.451 e. The summed E-state index contributed by atoms with van der Waals surface area (Å²) in [6.07, 6.45) is 0.